The number of carbonyl (C=O) groups is 1. The van der Waals surface area contributed by atoms with Gasteiger partial charge in [0, 0.05) is 12.7 Å². The van der Waals surface area contributed by atoms with Crippen LogP contribution in [0.5, 0.6) is 0 Å². The van der Waals surface area contributed by atoms with E-state index in [1.54, 1.807) is 30.5 Å². The largest absolute Gasteiger partial charge is 0.465 e. The van der Waals surface area contributed by atoms with Crippen molar-refractivity contribution in [3.8, 4) is 0 Å². The Hall–Kier alpha value is -2.34. The molecule has 6 nitrogen and oxygen atoms in total. The molecule has 2 N–H and O–H groups in total. The van der Waals surface area contributed by atoms with Gasteiger partial charge in [0.2, 0.25) is 5.95 Å². The fourth-order valence-corrected chi connectivity index (χ4v) is 1.92. The molecule has 0 radical (unpaired) electrons. The molecule has 0 aliphatic heterocycles. The van der Waals surface area contributed by atoms with Crippen molar-refractivity contribution in [2.45, 2.75) is 13.3 Å². The molecule has 1 heterocycles. The van der Waals surface area contributed by atoms with Crippen LogP contribution in [0.3, 0.4) is 0 Å². The van der Waals surface area contributed by atoms with E-state index in [-0.39, 0.29) is 0 Å². The quantitative estimate of drug-likeness (QED) is 0.794. The van der Waals surface area contributed by atoms with Crippen LogP contribution < -0.4 is 10.6 Å². The van der Waals surface area contributed by atoms with Crippen LogP contribution in [0.2, 0.25) is 5.02 Å². The number of anilines is 3. The molecule has 1 aromatic heterocycles. The lowest BCUT2D eigenvalue weighted by molar-refractivity contribution is 0.0601. The Balaban J connectivity index is 2.21. The number of nitrogens with zero attached hydrogens (tertiary/aromatic N) is 2. The second-order valence-electron chi connectivity index (χ2n) is 4.50. The maximum atomic E-state index is 11.6. The van der Waals surface area contributed by atoms with Gasteiger partial charge in [-0.25, -0.2) is 9.78 Å². The Morgan fingerprint density at radius 1 is 1.36 bits per heavy atom. The zero-order valence-electron chi connectivity index (χ0n) is 12.4. The van der Waals surface area contributed by atoms with E-state index >= 15 is 0 Å². The number of hydrogen-bond acceptors (Lipinski definition) is 6. The topological polar surface area (TPSA) is 76.1 Å². The number of benzene rings is 1. The number of rotatable bonds is 6. The smallest absolute Gasteiger partial charge is 0.337 e. The first kappa shape index (κ1) is 16.0. The molecule has 0 atom stereocenters. The molecule has 2 rings (SSSR count). The van der Waals surface area contributed by atoms with Gasteiger partial charge < -0.3 is 15.4 Å². The fourth-order valence-electron chi connectivity index (χ4n) is 1.75. The average Bonchev–Trinajstić information content (AvgIpc) is 2.54. The van der Waals surface area contributed by atoms with Gasteiger partial charge in [0.1, 0.15) is 5.82 Å². The highest BCUT2D eigenvalue weighted by molar-refractivity contribution is 6.33. The molecule has 0 saturated carbocycles. The van der Waals surface area contributed by atoms with Crippen LogP contribution >= 0.6 is 11.6 Å². The summed E-state index contributed by atoms with van der Waals surface area (Å²) in [6.45, 7) is 2.86. The lowest BCUT2D eigenvalue weighted by Gasteiger charge is -2.10. The Morgan fingerprint density at radius 2 is 2.18 bits per heavy atom. The van der Waals surface area contributed by atoms with Crippen molar-refractivity contribution < 1.29 is 9.53 Å². The number of methoxy groups -OCH3 is 1. The van der Waals surface area contributed by atoms with Gasteiger partial charge in [-0.15, -0.1) is 0 Å². The Kier molecular flexibility index (Phi) is 5.55. The molecule has 7 heteroatoms. The highest BCUT2D eigenvalue weighted by atomic mass is 35.5. The van der Waals surface area contributed by atoms with Gasteiger partial charge in [0.25, 0.3) is 0 Å². The summed E-state index contributed by atoms with van der Waals surface area (Å²) in [4.78, 5) is 20.0. The number of carbonyl (C=O) groups excluding carboxylic acids is 1. The predicted octanol–water partition coefficient (Wildman–Crippen LogP) is 3.48. The molecule has 0 saturated heterocycles. The standard InChI is InChI=1S/C15H17ClN4O2/c1-3-7-17-15-18-8-6-13(20-15)19-12-9-10(14(21)22-2)4-5-11(12)16/h4-6,8-9H,3,7H2,1-2H3,(H2,17,18,19,20). The van der Waals surface area contributed by atoms with Crippen LogP contribution in [0.25, 0.3) is 0 Å². The van der Waals surface area contributed by atoms with Gasteiger partial charge >= 0.3 is 5.97 Å². The second kappa shape index (κ2) is 7.61. The third kappa shape index (κ3) is 4.08. The molecule has 0 aliphatic carbocycles. The summed E-state index contributed by atoms with van der Waals surface area (Å²) in [6.07, 6.45) is 2.62. The summed E-state index contributed by atoms with van der Waals surface area (Å²) < 4.78 is 4.70. The zero-order chi connectivity index (χ0) is 15.9. The third-order valence-corrected chi connectivity index (χ3v) is 3.17. The summed E-state index contributed by atoms with van der Waals surface area (Å²) in [5.74, 6) is 0.692. The molecule has 0 bridgehead atoms. The van der Waals surface area contributed by atoms with Crippen molar-refractivity contribution in [3.63, 3.8) is 0 Å². The predicted molar refractivity (Wildman–Crippen MR) is 86.9 cm³/mol. The van der Waals surface area contributed by atoms with Crippen LogP contribution in [0.1, 0.15) is 23.7 Å². The molecular formula is C15H17ClN4O2. The molecule has 0 fully saturated rings. The van der Waals surface area contributed by atoms with Crippen molar-refractivity contribution in [2.24, 2.45) is 0 Å². The van der Waals surface area contributed by atoms with Crippen LogP contribution in [0.4, 0.5) is 17.5 Å². The minimum absolute atomic E-state index is 0.410. The minimum atomic E-state index is -0.423. The van der Waals surface area contributed by atoms with E-state index in [1.165, 1.54) is 7.11 Å². The maximum absolute atomic E-state index is 11.6. The number of esters is 1. The van der Waals surface area contributed by atoms with E-state index in [2.05, 4.69) is 27.5 Å². The highest BCUT2D eigenvalue weighted by Crippen LogP contribution is 2.26. The summed E-state index contributed by atoms with van der Waals surface area (Å²) in [5, 5.41) is 6.66. The molecule has 0 amide bonds. The number of ether oxygens (including phenoxy) is 1. The van der Waals surface area contributed by atoms with E-state index in [4.69, 9.17) is 16.3 Å². The summed E-state index contributed by atoms with van der Waals surface area (Å²) in [5.41, 5.74) is 0.984. The average molecular weight is 321 g/mol. The Morgan fingerprint density at radius 3 is 2.91 bits per heavy atom. The maximum Gasteiger partial charge on any atom is 0.337 e. The van der Waals surface area contributed by atoms with Crippen molar-refractivity contribution in [1.29, 1.82) is 0 Å². The number of halogens is 1. The third-order valence-electron chi connectivity index (χ3n) is 2.84. The van der Waals surface area contributed by atoms with E-state index in [0.29, 0.717) is 28.0 Å². The zero-order valence-corrected chi connectivity index (χ0v) is 13.1. The van der Waals surface area contributed by atoms with Crippen molar-refractivity contribution in [3.05, 3.63) is 41.0 Å². The van der Waals surface area contributed by atoms with Crippen molar-refractivity contribution in [1.82, 2.24) is 9.97 Å². The van der Waals surface area contributed by atoms with Gasteiger partial charge in [-0.1, -0.05) is 18.5 Å². The molecule has 0 spiro atoms. The SMILES string of the molecule is CCCNc1nccc(Nc2cc(C(=O)OC)ccc2Cl)n1. The van der Waals surface area contributed by atoms with Gasteiger partial charge in [0.15, 0.2) is 0 Å². The van der Waals surface area contributed by atoms with Crippen LogP contribution in [0.15, 0.2) is 30.5 Å². The molecule has 2 aromatic rings. The fraction of sp³-hybridized carbons (Fsp3) is 0.267. The second-order valence-corrected chi connectivity index (χ2v) is 4.91. The summed E-state index contributed by atoms with van der Waals surface area (Å²) in [6, 6.07) is 6.58. The number of hydrogen-bond donors (Lipinski definition) is 2. The molecule has 22 heavy (non-hydrogen) atoms. The normalized spacial score (nSPS) is 10.1. The number of aromatic nitrogens is 2. The summed E-state index contributed by atoms with van der Waals surface area (Å²) in [7, 11) is 1.33. The summed E-state index contributed by atoms with van der Waals surface area (Å²) >= 11 is 6.14. The van der Waals surface area contributed by atoms with Crippen LogP contribution in [-0.4, -0.2) is 29.6 Å². The first-order chi connectivity index (χ1) is 10.6. The van der Waals surface area contributed by atoms with E-state index in [0.717, 1.165) is 13.0 Å². The van der Waals surface area contributed by atoms with Crippen LogP contribution in [0, 0.1) is 0 Å². The van der Waals surface area contributed by atoms with Gasteiger partial charge in [0.05, 0.1) is 23.4 Å². The minimum Gasteiger partial charge on any atom is -0.465 e. The lowest BCUT2D eigenvalue weighted by atomic mass is 10.2. The highest BCUT2D eigenvalue weighted by Gasteiger charge is 2.10. The molecule has 1 aromatic carbocycles. The van der Waals surface area contributed by atoms with Crippen LogP contribution in [-0.2, 0) is 4.74 Å². The first-order valence-corrected chi connectivity index (χ1v) is 7.23. The molecular weight excluding hydrogens is 304 g/mol. The Bertz CT molecular complexity index is 664. The first-order valence-electron chi connectivity index (χ1n) is 6.86. The van der Waals surface area contributed by atoms with E-state index < -0.39 is 5.97 Å². The Labute approximate surface area is 133 Å². The van der Waals surface area contributed by atoms with Gasteiger partial charge in [-0.2, -0.15) is 4.98 Å². The van der Waals surface area contributed by atoms with Crippen molar-refractivity contribution >= 4 is 35.0 Å². The molecule has 116 valence electrons. The van der Waals surface area contributed by atoms with Gasteiger partial charge in [-0.05, 0) is 30.7 Å². The van der Waals surface area contributed by atoms with Crippen molar-refractivity contribution in [2.75, 3.05) is 24.3 Å². The molecule has 0 unspecified atom stereocenters. The van der Waals surface area contributed by atoms with Gasteiger partial charge in [-0.3, -0.25) is 0 Å². The lowest BCUT2D eigenvalue weighted by Crippen LogP contribution is -2.06. The molecule has 0 aliphatic rings. The van der Waals surface area contributed by atoms with E-state index in [1.807, 2.05) is 0 Å². The monoisotopic (exact) mass is 320 g/mol. The van der Waals surface area contributed by atoms with E-state index in [9.17, 15) is 4.79 Å². The number of nitrogens with one attached hydrogen (secondary N) is 2.